The van der Waals surface area contributed by atoms with E-state index >= 15 is 0 Å². The first-order valence-corrected chi connectivity index (χ1v) is 6.59. The Bertz CT molecular complexity index is 657. The van der Waals surface area contributed by atoms with E-state index in [1.165, 1.54) is 13.0 Å². The second-order valence-electron chi connectivity index (χ2n) is 4.83. The Morgan fingerprint density at radius 1 is 1.57 bits per heavy atom. The minimum absolute atomic E-state index is 0.217. The van der Waals surface area contributed by atoms with E-state index in [0.29, 0.717) is 31.1 Å². The maximum Gasteiger partial charge on any atom is 0.221 e. The summed E-state index contributed by atoms with van der Waals surface area (Å²) in [6, 6.07) is 2.98. The number of benzene rings is 1. The van der Waals surface area contributed by atoms with Gasteiger partial charge in [-0.1, -0.05) is 0 Å². The van der Waals surface area contributed by atoms with Crippen molar-refractivity contribution in [2.75, 3.05) is 23.4 Å². The van der Waals surface area contributed by atoms with Gasteiger partial charge < -0.3 is 19.9 Å². The Kier molecular flexibility index (Phi) is 3.47. The Morgan fingerprint density at radius 2 is 2.43 bits per heavy atom. The molecule has 7 heteroatoms. The monoisotopic (exact) mass is 290 g/mol. The molecule has 2 N–H and O–H groups in total. The van der Waals surface area contributed by atoms with Crippen LogP contribution in [0.5, 0.6) is 5.75 Å². The molecule has 110 valence electrons. The second kappa shape index (κ2) is 5.43. The lowest BCUT2D eigenvalue weighted by Gasteiger charge is -2.31. The van der Waals surface area contributed by atoms with Crippen molar-refractivity contribution in [2.24, 2.45) is 0 Å². The number of anilines is 2. The first-order chi connectivity index (χ1) is 10.1. The van der Waals surface area contributed by atoms with Crippen LogP contribution in [-0.2, 0) is 11.3 Å². The van der Waals surface area contributed by atoms with E-state index in [2.05, 4.69) is 15.3 Å². The number of hydrogen-bond acceptors (Lipinski definition) is 4. The van der Waals surface area contributed by atoms with Crippen LogP contribution < -0.4 is 15.0 Å². The number of rotatable bonds is 3. The number of hydrogen-bond donors (Lipinski definition) is 2. The van der Waals surface area contributed by atoms with Crippen molar-refractivity contribution in [2.45, 2.75) is 13.5 Å². The third-order valence-electron chi connectivity index (χ3n) is 3.21. The Labute approximate surface area is 120 Å². The van der Waals surface area contributed by atoms with Crippen LogP contribution in [0.1, 0.15) is 12.6 Å². The number of nitrogens with one attached hydrogen (secondary N) is 2. The zero-order valence-corrected chi connectivity index (χ0v) is 11.5. The Balaban J connectivity index is 1.94. The molecule has 6 nitrogen and oxygen atoms in total. The van der Waals surface area contributed by atoms with Gasteiger partial charge in [0.1, 0.15) is 6.61 Å². The van der Waals surface area contributed by atoms with Gasteiger partial charge in [-0.25, -0.2) is 9.37 Å². The molecule has 0 spiro atoms. The van der Waals surface area contributed by atoms with Crippen molar-refractivity contribution in [3.63, 3.8) is 0 Å². The predicted molar refractivity (Wildman–Crippen MR) is 75.8 cm³/mol. The van der Waals surface area contributed by atoms with Gasteiger partial charge in [-0.15, -0.1) is 0 Å². The molecule has 0 bridgehead atoms. The van der Waals surface area contributed by atoms with Gasteiger partial charge in [0.15, 0.2) is 11.6 Å². The number of nitrogens with zero attached hydrogens (tertiary/aromatic N) is 2. The molecule has 0 saturated heterocycles. The molecule has 1 aliphatic heterocycles. The summed E-state index contributed by atoms with van der Waals surface area (Å²) in [6.45, 7) is 3.00. The average Bonchev–Trinajstić information content (AvgIpc) is 2.92. The predicted octanol–water partition coefficient (Wildman–Crippen LogP) is 1.91. The second-order valence-corrected chi connectivity index (χ2v) is 4.83. The number of halogens is 1. The maximum absolute atomic E-state index is 14.1. The van der Waals surface area contributed by atoms with Gasteiger partial charge in [0.25, 0.3) is 0 Å². The number of fused-ring (bicyclic) bond motifs is 1. The number of aromatic nitrogens is 2. The van der Waals surface area contributed by atoms with Crippen LogP contribution in [0.3, 0.4) is 0 Å². The number of ether oxygens (including phenoxy) is 1. The smallest absolute Gasteiger partial charge is 0.221 e. The van der Waals surface area contributed by atoms with Crippen LogP contribution >= 0.6 is 0 Å². The largest absolute Gasteiger partial charge is 0.486 e. The lowest BCUT2D eigenvalue weighted by atomic mass is 10.2. The Hall–Kier alpha value is -2.57. The summed E-state index contributed by atoms with van der Waals surface area (Å²) < 4.78 is 19.5. The average molecular weight is 290 g/mol. The summed E-state index contributed by atoms with van der Waals surface area (Å²) in [5.41, 5.74) is 1.96. The molecular formula is C14H15FN4O2. The van der Waals surface area contributed by atoms with Gasteiger partial charge in [0, 0.05) is 24.9 Å². The number of carbonyl (C=O) groups is 1. The summed E-state index contributed by atoms with van der Waals surface area (Å²) in [4.78, 5) is 20.1. The van der Waals surface area contributed by atoms with Gasteiger partial charge in [0.05, 0.1) is 30.8 Å². The van der Waals surface area contributed by atoms with Crippen molar-refractivity contribution >= 4 is 17.3 Å². The summed E-state index contributed by atoms with van der Waals surface area (Å²) >= 11 is 0. The number of aromatic amines is 1. The van der Waals surface area contributed by atoms with E-state index in [-0.39, 0.29) is 11.7 Å². The van der Waals surface area contributed by atoms with Gasteiger partial charge >= 0.3 is 0 Å². The minimum Gasteiger partial charge on any atom is -0.486 e. The molecule has 0 aliphatic carbocycles. The Morgan fingerprint density at radius 3 is 3.14 bits per heavy atom. The highest BCUT2D eigenvalue weighted by atomic mass is 19.1. The van der Waals surface area contributed by atoms with Gasteiger partial charge in [-0.05, 0) is 6.07 Å². The van der Waals surface area contributed by atoms with E-state index in [1.54, 1.807) is 18.6 Å². The molecule has 1 amide bonds. The number of H-pyrrole nitrogens is 1. The first-order valence-electron chi connectivity index (χ1n) is 6.59. The van der Waals surface area contributed by atoms with E-state index in [9.17, 15) is 9.18 Å². The third kappa shape index (κ3) is 2.81. The van der Waals surface area contributed by atoms with E-state index in [1.807, 2.05) is 4.90 Å². The van der Waals surface area contributed by atoms with Gasteiger partial charge in [0.2, 0.25) is 5.91 Å². The maximum atomic E-state index is 14.1. The van der Waals surface area contributed by atoms with E-state index in [0.717, 1.165) is 5.69 Å². The van der Waals surface area contributed by atoms with Crippen LogP contribution in [0.2, 0.25) is 0 Å². The fourth-order valence-electron chi connectivity index (χ4n) is 2.35. The normalized spacial score (nSPS) is 13.5. The van der Waals surface area contributed by atoms with Gasteiger partial charge in [-0.3, -0.25) is 4.79 Å². The van der Waals surface area contributed by atoms with Crippen LogP contribution in [0, 0.1) is 5.82 Å². The summed E-state index contributed by atoms with van der Waals surface area (Å²) in [5, 5.41) is 2.59. The molecule has 0 saturated carbocycles. The highest BCUT2D eigenvalue weighted by Crippen LogP contribution is 2.37. The zero-order chi connectivity index (χ0) is 14.8. The van der Waals surface area contributed by atoms with Crippen molar-refractivity contribution < 1.29 is 13.9 Å². The first kappa shape index (κ1) is 13.4. The highest BCUT2D eigenvalue weighted by molar-refractivity contribution is 5.89. The zero-order valence-electron chi connectivity index (χ0n) is 11.5. The third-order valence-corrected chi connectivity index (χ3v) is 3.21. The van der Waals surface area contributed by atoms with E-state index < -0.39 is 5.82 Å². The fourth-order valence-corrected chi connectivity index (χ4v) is 2.35. The van der Waals surface area contributed by atoms with Crippen molar-refractivity contribution in [3.05, 3.63) is 36.2 Å². The summed E-state index contributed by atoms with van der Waals surface area (Å²) in [6.07, 6.45) is 3.33. The van der Waals surface area contributed by atoms with Crippen LogP contribution in [0.15, 0.2) is 24.7 Å². The molecule has 1 aliphatic rings. The lowest BCUT2D eigenvalue weighted by Crippen LogP contribution is -2.32. The quantitative estimate of drug-likeness (QED) is 0.906. The molecule has 2 aromatic rings. The summed E-state index contributed by atoms with van der Waals surface area (Å²) in [5.74, 6) is -0.508. The SMILES string of the molecule is CC(=O)Nc1cc(F)c2c(c1)N(Cc1cnc[nH]1)CCO2. The molecule has 0 fully saturated rings. The number of amides is 1. The topological polar surface area (TPSA) is 70.2 Å². The fraction of sp³-hybridized carbons (Fsp3) is 0.286. The van der Waals surface area contributed by atoms with Crippen LogP contribution in [0.25, 0.3) is 0 Å². The molecule has 0 radical (unpaired) electrons. The molecule has 0 atom stereocenters. The van der Waals surface area contributed by atoms with Crippen LogP contribution in [0.4, 0.5) is 15.8 Å². The highest BCUT2D eigenvalue weighted by Gasteiger charge is 2.23. The minimum atomic E-state index is -0.481. The van der Waals surface area contributed by atoms with E-state index in [4.69, 9.17) is 4.74 Å². The van der Waals surface area contributed by atoms with Crippen molar-refractivity contribution in [1.29, 1.82) is 0 Å². The summed E-state index contributed by atoms with van der Waals surface area (Å²) in [7, 11) is 0. The molecule has 21 heavy (non-hydrogen) atoms. The van der Waals surface area contributed by atoms with Gasteiger partial charge in [-0.2, -0.15) is 0 Å². The number of carbonyl (C=O) groups excluding carboxylic acids is 1. The van der Waals surface area contributed by atoms with Crippen molar-refractivity contribution in [1.82, 2.24) is 9.97 Å². The molecule has 2 heterocycles. The van der Waals surface area contributed by atoms with Crippen molar-refractivity contribution in [3.8, 4) is 5.75 Å². The van der Waals surface area contributed by atoms with Crippen LogP contribution in [-0.4, -0.2) is 29.0 Å². The molecule has 0 unspecified atom stereocenters. The molecule has 3 rings (SSSR count). The molecular weight excluding hydrogens is 275 g/mol. The standard InChI is InChI=1S/C14H15FN4O2/c1-9(20)18-10-4-12(15)14-13(5-10)19(2-3-21-14)7-11-6-16-8-17-11/h4-6,8H,2-3,7H2,1H3,(H,16,17)(H,18,20). The lowest BCUT2D eigenvalue weighted by molar-refractivity contribution is -0.114. The molecule has 1 aromatic heterocycles. The molecule has 1 aromatic carbocycles. The number of imidazole rings is 1.